The van der Waals surface area contributed by atoms with Gasteiger partial charge in [0.2, 0.25) is 0 Å². The van der Waals surface area contributed by atoms with Crippen molar-refractivity contribution in [1.29, 1.82) is 0 Å². The van der Waals surface area contributed by atoms with E-state index in [1.807, 2.05) is 23.1 Å². The van der Waals surface area contributed by atoms with Gasteiger partial charge >= 0.3 is 5.97 Å². The van der Waals surface area contributed by atoms with Crippen molar-refractivity contribution in [3.63, 3.8) is 0 Å². The van der Waals surface area contributed by atoms with Gasteiger partial charge in [-0.1, -0.05) is 36.8 Å². The summed E-state index contributed by atoms with van der Waals surface area (Å²) in [5, 5.41) is 2.83. The van der Waals surface area contributed by atoms with Crippen molar-refractivity contribution in [1.82, 2.24) is 5.32 Å². The molecule has 0 aromatic heterocycles. The number of nitrogens with one attached hydrogen (secondary N) is 1. The van der Waals surface area contributed by atoms with Crippen LogP contribution < -0.4 is 10.2 Å². The Kier molecular flexibility index (Phi) is 6.27. The molecule has 4 rings (SSSR count). The Hall–Kier alpha value is -3.20. The molecule has 8 nitrogen and oxygen atoms in total. The predicted octanol–water partition coefficient (Wildman–Crippen LogP) is 3.20. The molecule has 2 aliphatic rings. The maximum absolute atomic E-state index is 13.0. The number of nitrogens with zero attached hydrogens (tertiary/aromatic N) is 2. The predicted molar refractivity (Wildman–Crippen MR) is 120 cm³/mol. The van der Waals surface area contributed by atoms with Crippen molar-refractivity contribution < 1.29 is 22.7 Å². The number of ether oxygens (including phenoxy) is 1. The highest BCUT2D eigenvalue weighted by Gasteiger charge is 2.32. The third-order valence-electron chi connectivity index (χ3n) is 5.72. The van der Waals surface area contributed by atoms with Gasteiger partial charge in [0.05, 0.1) is 25.3 Å². The number of amides is 1. The van der Waals surface area contributed by atoms with Crippen LogP contribution in [0.15, 0.2) is 57.8 Å². The zero-order chi connectivity index (χ0) is 22.7. The van der Waals surface area contributed by atoms with Gasteiger partial charge in [-0.05, 0) is 36.6 Å². The van der Waals surface area contributed by atoms with Crippen molar-refractivity contribution in [2.75, 3.05) is 18.6 Å². The number of esters is 1. The van der Waals surface area contributed by atoms with Gasteiger partial charge in [0.25, 0.3) is 15.9 Å². The van der Waals surface area contributed by atoms with Crippen LogP contribution in [0.3, 0.4) is 0 Å². The highest BCUT2D eigenvalue weighted by atomic mass is 32.2. The second-order valence-electron chi connectivity index (χ2n) is 7.84. The van der Waals surface area contributed by atoms with Gasteiger partial charge in [-0.3, -0.25) is 9.59 Å². The van der Waals surface area contributed by atoms with Crippen LogP contribution in [-0.2, 0) is 19.6 Å². The summed E-state index contributed by atoms with van der Waals surface area (Å²) in [6, 6.07) is 13.1. The fourth-order valence-corrected chi connectivity index (χ4v) is 5.33. The summed E-state index contributed by atoms with van der Waals surface area (Å²) < 4.78 is 34.5. The van der Waals surface area contributed by atoms with Crippen molar-refractivity contribution in [3.05, 3.63) is 59.7 Å². The SMILES string of the molecule is COC(=O)C[C@H](NC(=O)c1ccc2c(c1)S(=O)(=O)N=C1CCCCCN12)c1ccccc1. The van der Waals surface area contributed by atoms with Gasteiger partial charge in [0.15, 0.2) is 0 Å². The van der Waals surface area contributed by atoms with E-state index in [9.17, 15) is 18.0 Å². The van der Waals surface area contributed by atoms with E-state index >= 15 is 0 Å². The molecule has 1 N–H and O–H groups in total. The second kappa shape index (κ2) is 9.12. The maximum atomic E-state index is 13.0. The number of carbonyl (C=O) groups is 2. The highest BCUT2D eigenvalue weighted by molar-refractivity contribution is 7.90. The van der Waals surface area contributed by atoms with Gasteiger partial charge < -0.3 is 15.0 Å². The lowest BCUT2D eigenvalue weighted by atomic mass is 10.0. The van der Waals surface area contributed by atoms with Crippen LogP contribution in [0.4, 0.5) is 5.69 Å². The van der Waals surface area contributed by atoms with Gasteiger partial charge in [-0.25, -0.2) is 0 Å². The van der Waals surface area contributed by atoms with E-state index in [4.69, 9.17) is 4.74 Å². The number of hydrogen-bond donors (Lipinski definition) is 1. The number of anilines is 1. The van der Waals surface area contributed by atoms with Gasteiger partial charge in [0.1, 0.15) is 10.7 Å². The fraction of sp³-hybridized carbons (Fsp3) is 0.348. The van der Waals surface area contributed by atoms with Crippen LogP contribution >= 0.6 is 0 Å². The van der Waals surface area contributed by atoms with Crippen molar-refractivity contribution in [2.45, 2.75) is 43.0 Å². The quantitative estimate of drug-likeness (QED) is 0.694. The molecule has 1 saturated heterocycles. The van der Waals surface area contributed by atoms with Crippen molar-refractivity contribution >= 4 is 33.4 Å². The normalized spacial score (nSPS) is 17.8. The Balaban J connectivity index is 1.64. The molecule has 0 radical (unpaired) electrons. The minimum absolute atomic E-state index is 0.0278. The number of amidine groups is 1. The molecular weight excluding hydrogens is 430 g/mol. The Morgan fingerprint density at radius 2 is 1.91 bits per heavy atom. The number of hydrogen-bond acceptors (Lipinski definition) is 6. The Morgan fingerprint density at radius 1 is 1.12 bits per heavy atom. The number of fused-ring (bicyclic) bond motifs is 3. The first-order valence-corrected chi connectivity index (χ1v) is 12.0. The van der Waals surface area contributed by atoms with E-state index in [0.717, 1.165) is 24.8 Å². The summed E-state index contributed by atoms with van der Waals surface area (Å²) in [5.74, 6) is -0.379. The molecule has 0 spiro atoms. The van der Waals surface area contributed by atoms with Crippen LogP contribution in [0.2, 0.25) is 0 Å². The first kappa shape index (κ1) is 22.0. The molecule has 32 heavy (non-hydrogen) atoms. The fourth-order valence-electron chi connectivity index (χ4n) is 4.05. The lowest BCUT2D eigenvalue weighted by Gasteiger charge is -2.29. The average molecular weight is 456 g/mol. The molecule has 1 atom stereocenters. The van der Waals surface area contributed by atoms with Crippen LogP contribution in [0.5, 0.6) is 0 Å². The molecule has 1 fully saturated rings. The first-order chi connectivity index (χ1) is 15.4. The molecule has 0 saturated carbocycles. The molecule has 2 aliphatic heterocycles. The number of rotatable bonds is 5. The molecule has 2 aromatic carbocycles. The lowest BCUT2D eigenvalue weighted by Crippen LogP contribution is -2.35. The standard InChI is InChI=1S/C23H25N3O5S/c1-31-22(27)15-18(16-8-4-2-5-9-16)24-23(28)17-11-12-19-20(14-17)32(29,30)25-21-10-6-3-7-13-26(19)21/h2,4-5,8-9,11-12,14,18H,3,6-7,10,13,15H2,1H3,(H,24,28)/t18-/m0/s1. The van der Waals surface area contributed by atoms with Crippen LogP contribution in [0, 0.1) is 0 Å². The molecule has 168 valence electrons. The molecule has 9 heteroatoms. The van der Waals surface area contributed by atoms with Crippen LogP contribution in [-0.4, -0.2) is 39.8 Å². The van der Waals surface area contributed by atoms with Gasteiger partial charge in [-0.15, -0.1) is 4.40 Å². The topological polar surface area (TPSA) is 105 Å². The Bertz CT molecular complexity index is 1160. The molecule has 2 aromatic rings. The van der Waals surface area contributed by atoms with Crippen LogP contribution in [0.1, 0.15) is 54.1 Å². The summed E-state index contributed by atoms with van der Waals surface area (Å²) in [5.41, 5.74) is 1.49. The summed E-state index contributed by atoms with van der Waals surface area (Å²) in [4.78, 5) is 26.9. The Morgan fingerprint density at radius 3 is 2.66 bits per heavy atom. The van der Waals surface area contributed by atoms with Crippen molar-refractivity contribution in [2.24, 2.45) is 4.40 Å². The summed E-state index contributed by atoms with van der Waals surface area (Å²) in [6.07, 6.45) is 3.45. The summed E-state index contributed by atoms with van der Waals surface area (Å²) in [6.45, 7) is 0.697. The number of methoxy groups -OCH3 is 1. The first-order valence-electron chi connectivity index (χ1n) is 10.6. The molecule has 0 bridgehead atoms. The van der Waals surface area contributed by atoms with Crippen molar-refractivity contribution in [3.8, 4) is 0 Å². The summed E-state index contributed by atoms with van der Waals surface area (Å²) in [7, 11) is -2.61. The monoisotopic (exact) mass is 455 g/mol. The summed E-state index contributed by atoms with van der Waals surface area (Å²) >= 11 is 0. The minimum Gasteiger partial charge on any atom is -0.469 e. The van der Waals surface area contributed by atoms with E-state index in [-0.39, 0.29) is 16.9 Å². The minimum atomic E-state index is -3.90. The third-order valence-corrected chi connectivity index (χ3v) is 7.05. The van der Waals surface area contributed by atoms with Crippen LogP contribution in [0.25, 0.3) is 0 Å². The van der Waals surface area contributed by atoms with E-state index < -0.39 is 27.9 Å². The zero-order valence-corrected chi connectivity index (χ0v) is 18.6. The maximum Gasteiger partial charge on any atom is 0.307 e. The molecule has 1 amide bonds. The second-order valence-corrected chi connectivity index (χ2v) is 9.42. The van der Waals surface area contributed by atoms with Gasteiger partial charge in [-0.2, -0.15) is 8.42 Å². The number of sulfonamides is 1. The number of benzene rings is 2. The lowest BCUT2D eigenvalue weighted by molar-refractivity contribution is -0.141. The largest absolute Gasteiger partial charge is 0.469 e. The molecular formula is C23H25N3O5S. The molecule has 2 heterocycles. The van der Waals surface area contributed by atoms with Gasteiger partial charge in [0, 0.05) is 18.5 Å². The van der Waals surface area contributed by atoms with E-state index in [1.165, 1.54) is 13.2 Å². The molecule has 0 aliphatic carbocycles. The Labute approximate surface area is 187 Å². The number of carbonyl (C=O) groups excluding carboxylic acids is 2. The van der Waals surface area contributed by atoms with E-state index in [2.05, 4.69) is 9.71 Å². The smallest absolute Gasteiger partial charge is 0.307 e. The third kappa shape index (κ3) is 4.52. The molecule has 0 unspecified atom stereocenters. The van der Waals surface area contributed by atoms with E-state index in [1.54, 1.807) is 24.3 Å². The average Bonchev–Trinajstić information content (AvgIpc) is 3.03. The van der Waals surface area contributed by atoms with E-state index in [0.29, 0.717) is 24.5 Å². The highest BCUT2D eigenvalue weighted by Crippen LogP contribution is 2.35. The zero-order valence-electron chi connectivity index (χ0n) is 17.8.